The Morgan fingerprint density at radius 2 is 1.95 bits per heavy atom. The van der Waals surface area contributed by atoms with Gasteiger partial charge in [-0.2, -0.15) is 13.1 Å². The van der Waals surface area contributed by atoms with Crippen LogP contribution >= 0.6 is 12.0 Å². The first kappa shape index (κ1) is 15.4. The highest BCUT2D eigenvalue weighted by molar-refractivity contribution is 7.96. The van der Waals surface area contributed by atoms with Gasteiger partial charge in [0.05, 0.1) is 5.60 Å². The molecule has 0 saturated heterocycles. The zero-order chi connectivity index (χ0) is 15.3. The number of hydrogen-bond acceptors (Lipinski definition) is 6. The van der Waals surface area contributed by atoms with E-state index in [4.69, 9.17) is 0 Å². The fraction of sp³-hybridized carbons (Fsp3) is 0.917. The summed E-state index contributed by atoms with van der Waals surface area (Å²) < 4.78 is 30.6. The molecule has 4 rings (SSSR count). The predicted octanol–water partition coefficient (Wildman–Crippen LogP) is 0.651. The van der Waals surface area contributed by atoms with Gasteiger partial charge < -0.3 is 15.7 Å². The number of halogens is 2. The van der Waals surface area contributed by atoms with Gasteiger partial charge in [0.2, 0.25) is 0 Å². The van der Waals surface area contributed by atoms with E-state index < -0.39 is 34.3 Å². The summed E-state index contributed by atoms with van der Waals surface area (Å²) in [4.78, 5) is 11.8. The van der Waals surface area contributed by atoms with Crippen LogP contribution in [0, 0.1) is 11.8 Å². The van der Waals surface area contributed by atoms with Crippen molar-refractivity contribution in [2.24, 2.45) is 11.8 Å². The van der Waals surface area contributed by atoms with Gasteiger partial charge in [0.25, 0.3) is 0 Å². The number of aliphatic hydroxyl groups is 1. The topological polar surface area (TPSA) is 90.9 Å². The van der Waals surface area contributed by atoms with E-state index in [0.717, 1.165) is 6.42 Å². The standard InChI is InChI=1S/C12H17F2NO5S/c13-12(14,21-20-19-18)9(16)15-10-2-7-1-8(3-10)5-11(17,4-7)6-10/h7-8,17-18H,1-6H2,(H,15,16)/p-1. The smallest absolute Gasteiger partial charge is 0.397 e. The molecule has 4 bridgehead atoms. The SMILES string of the molecule is O=C(NC12CC3CC(CC(O)(C3)C1)C2)C(F)(F)SOO[O-]. The van der Waals surface area contributed by atoms with Crippen molar-refractivity contribution in [3.8, 4) is 0 Å². The molecule has 0 aromatic heterocycles. The number of carbonyl (C=O) groups excluding carboxylic acids is 1. The van der Waals surface area contributed by atoms with Gasteiger partial charge in [-0.1, -0.05) is 0 Å². The van der Waals surface area contributed by atoms with Crippen molar-refractivity contribution in [1.82, 2.24) is 5.32 Å². The molecule has 2 N–H and O–H groups in total. The van der Waals surface area contributed by atoms with Crippen LogP contribution in [0.3, 0.4) is 0 Å². The van der Waals surface area contributed by atoms with Gasteiger partial charge in [0, 0.05) is 5.54 Å². The Morgan fingerprint density at radius 1 is 1.33 bits per heavy atom. The van der Waals surface area contributed by atoms with Gasteiger partial charge in [0.1, 0.15) is 12.0 Å². The molecule has 0 aromatic rings. The summed E-state index contributed by atoms with van der Waals surface area (Å²) in [5, 5.41) is 21.4. The zero-order valence-corrected chi connectivity index (χ0v) is 12.0. The number of carbonyl (C=O) groups is 1. The van der Waals surface area contributed by atoms with E-state index in [-0.39, 0.29) is 11.8 Å². The Bertz CT molecular complexity index is 435. The lowest BCUT2D eigenvalue weighted by molar-refractivity contribution is -0.777. The Morgan fingerprint density at radius 3 is 2.48 bits per heavy atom. The summed E-state index contributed by atoms with van der Waals surface area (Å²) in [7, 11) is 0. The minimum Gasteiger partial charge on any atom is -0.691 e. The van der Waals surface area contributed by atoms with Gasteiger partial charge in [0.15, 0.2) is 0 Å². The highest BCUT2D eigenvalue weighted by Gasteiger charge is 2.59. The van der Waals surface area contributed by atoms with E-state index in [1.165, 1.54) is 0 Å². The summed E-state index contributed by atoms with van der Waals surface area (Å²) in [6.45, 7) is 0. The summed E-state index contributed by atoms with van der Waals surface area (Å²) >= 11 is -0.628. The lowest BCUT2D eigenvalue weighted by Crippen LogP contribution is -2.66. The van der Waals surface area contributed by atoms with Crippen molar-refractivity contribution in [3.05, 3.63) is 0 Å². The monoisotopic (exact) mass is 324 g/mol. The molecule has 4 aliphatic carbocycles. The first-order chi connectivity index (χ1) is 9.76. The van der Waals surface area contributed by atoms with Gasteiger partial charge in [-0.05, 0) is 50.4 Å². The minimum atomic E-state index is -3.92. The molecule has 1 amide bonds. The quantitative estimate of drug-likeness (QED) is 0.438. The maximum absolute atomic E-state index is 13.5. The first-order valence-electron chi connectivity index (χ1n) is 6.83. The number of nitrogens with one attached hydrogen (secondary N) is 1. The van der Waals surface area contributed by atoms with E-state index in [2.05, 4.69) is 14.7 Å². The lowest BCUT2D eigenvalue weighted by atomic mass is 9.51. The van der Waals surface area contributed by atoms with Crippen LogP contribution in [-0.2, 0) is 14.2 Å². The molecule has 9 heteroatoms. The third-order valence-corrected chi connectivity index (χ3v) is 5.36. The molecule has 0 aromatic carbocycles. The molecule has 4 aliphatic rings. The second-order valence-electron chi connectivity index (χ2n) is 6.66. The van der Waals surface area contributed by atoms with E-state index in [1.807, 2.05) is 0 Å². The molecule has 2 unspecified atom stereocenters. The molecule has 0 aliphatic heterocycles. The van der Waals surface area contributed by atoms with Crippen LogP contribution in [0.2, 0.25) is 0 Å². The average molecular weight is 324 g/mol. The molecule has 4 fully saturated rings. The van der Waals surface area contributed by atoms with Crippen molar-refractivity contribution in [1.29, 1.82) is 0 Å². The fourth-order valence-electron chi connectivity index (χ4n) is 4.77. The molecule has 0 heterocycles. The van der Waals surface area contributed by atoms with Gasteiger partial charge in [-0.3, -0.25) is 9.83 Å². The first-order valence-corrected chi connectivity index (χ1v) is 7.57. The fourth-order valence-corrected chi connectivity index (χ4v) is 5.01. The Hall–Kier alpha value is -0.480. The molecule has 6 nitrogen and oxygen atoms in total. The lowest BCUT2D eigenvalue weighted by Gasteiger charge is -2.60. The number of hydrogen-bond donors (Lipinski definition) is 2. The molecule has 2 atom stereocenters. The normalized spacial score (nSPS) is 41.3. The van der Waals surface area contributed by atoms with Crippen LogP contribution in [0.5, 0.6) is 0 Å². The summed E-state index contributed by atoms with van der Waals surface area (Å²) in [6.07, 6.45) is 3.86. The van der Waals surface area contributed by atoms with Crippen molar-refractivity contribution in [3.63, 3.8) is 0 Å². The summed E-state index contributed by atoms with van der Waals surface area (Å²) in [6, 6.07) is 0. The highest BCUT2D eigenvalue weighted by atomic mass is 32.2. The molecule has 120 valence electrons. The third-order valence-electron chi connectivity index (χ3n) is 4.84. The van der Waals surface area contributed by atoms with Crippen molar-refractivity contribution >= 4 is 17.9 Å². The van der Waals surface area contributed by atoms with Crippen LogP contribution < -0.4 is 10.6 Å². The van der Waals surface area contributed by atoms with Crippen molar-refractivity contribution < 1.29 is 33.3 Å². The highest BCUT2D eigenvalue weighted by Crippen LogP contribution is 2.57. The van der Waals surface area contributed by atoms with Crippen LogP contribution in [0.1, 0.15) is 38.5 Å². The predicted molar refractivity (Wildman–Crippen MR) is 65.2 cm³/mol. The molecule has 0 radical (unpaired) electrons. The maximum atomic E-state index is 13.5. The largest absolute Gasteiger partial charge is 0.691 e. The number of rotatable bonds is 5. The van der Waals surface area contributed by atoms with Gasteiger partial charge in [-0.15, -0.1) is 0 Å². The van der Waals surface area contributed by atoms with Crippen molar-refractivity contribution in [2.45, 2.75) is 54.9 Å². The molecule has 4 saturated carbocycles. The van der Waals surface area contributed by atoms with Crippen LogP contribution in [0.4, 0.5) is 8.78 Å². The molecular weight excluding hydrogens is 308 g/mol. The molecule has 21 heavy (non-hydrogen) atoms. The van der Waals surface area contributed by atoms with Crippen molar-refractivity contribution in [2.75, 3.05) is 0 Å². The van der Waals surface area contributed by atoms with E-state index >= 15 is 0 Å². The minimum absolute atomic E-state index is 0.263. The Balaban J connectivity index is 1.71. The van der Waals surface area contributed by atoms with Crippen LogP contribution in [0.15, 0.2) is 0 Å². The van der Waals surface area contributed by atoms with Gasteiger partial charge in [-0.25, -0.2) is 0 Å². The second-order valence-corrected chi connectivity index (χ2v) is 7.47. The Kier molecular flexibility index (Phi) is 3.69. The summed E-state index contributed by atoms with van der Waals surface area (Å²) in [5.41, 5.74) is -1.63. The van der Waals surface area contributed by atoms with E-state index in [1.54, 1.807) is 0 Å². The van der Waals surface area contributed by atoms with Crippen LogP contribution in [-0.4, -0.2) is 27.4 Å². The average Bonchev–Trinajstić information content (AvgIpc) is 2.32. The maximum Gasteiger partial charge on any atom is 0.397 e. The molecular formula is C12H16F2NO5S-. The van der Waals surface area contributed by atoms with Crippen LogP contribution in [0.25, 0.3) is 0 Å². The second kappa shape index (κ2) is 5.02. The van der Waals surface area contributed by atoms with E-state index in [0.29, 0.717) is 32.1 Å². The Labute approximate surface area is 124 Å². The molecule has 0 spiro atoms. The number of alkyl halides is 2. The zero-order valence-electron chi connectivity index (χ0n) is 11.1. The third kappa shape index (κ3) is 2.89. The number of amides is 1. The van der Waals surface area contributed by atoms with E-state index in [9.17, 15) is 23.9 Å². The van der Waals surface area contributed by atoms with Gasteiger partial charge >= 0.3 is 11.2 Å². The summed E-state index contributed by atoms with van der Waals surface area (Å²) in [5.74, 6) is -0.992.